The molecule has 0 aromatic carbocycles. The lowest BCUT2D eigenvalue weighted by Crippen LogP contribution is -2.45. The molecule has 0 unspecified atom stereocenters. The minimum absolute atomic E-state index is 0.0580. The Morgan fingerprint density at radius 2 is 1.68 bits per heavy atom. The Balaban J connectivity index is 4.62. The van der Waals surface area contributed by atoms with Gasteiger partial charge < -0.3 is 9.64 Å². The zero-order valence-electron chi connectivity index (χ0n) is 12.1. The maximum absolute atomic E-state index is 12.1. The molecular weight excluding hydrogens is 244 g/mol. The first-order valence-electron chi connectivity index (χ1n) is 6.26. The topological polar surface area (TPSA) is 49.9 Å². The maximum Gasteiger partial charge on any atom is 0.319 e. The fourth-order valence-corrected chi connectivity index (χ4v) is 1.52. The highest BCUT2D eigenvalue weighted by Gasteiger charge is 2.20. The summed E-state index contributed by atoms with van der Waals surface area (Å²) in [6.45, 7) is 12.3. The Morgan fingerprint density at radius 1 is 1.16 bits per heavy atom. The summed E-state index contributed by atoms with van der Waals surface area (Å²) < 4.78 is 4.63. The van der Waals surface area contributed by atoms with Crippen molar-refractivity contribution in [3.05, 3.63) is 25.3 Å². The van der Waals surface area contributed by atoms with Crippen LogP contribution in [0.3, 0.4) is 0 Å². The summed E-state index contributed by atoms with van der Waals surface area (Å²) in [5, 5.41) is 0. The van der Waals surface area contributed by atoms with Crippen molar-refractivity contribution in [2.75, 3.05) is 33.3 Å². The van der Waals surface area contributed by atoms with Gasteiger partial charge in [-0.2, -0.15) is 0 Å². The number of methoxy groups -OCH3 is 1. The van der Waals surface area contributed by atoms with Crippen LogP contribution in [0.5, 0.6) is 0 Å². The number of hydrogen-bond acceptors (Lipinski definition) is 4. The molecule has 0 fully saturated rings. The molecule has 0 spiro atoms. The molecule has 0 bridgehead atoms. The number of carbonyl (C=O) groups excluding carboxylic acids is 2. The third-order valence-electron chi connectivity index (χ3n) is 2.68. The minimum Gasteiger partial charge on any atom is -0.468 e. The SMILES string of the molecule is C=CCN(CC=C)C(=O)CN(CC(=O)OC)C(C)C. The number of ether oxygens (including phenoxy) is 1. The smallest absolute Gasteiger partial charge is 0.319 e. The summed E-state index contributed by atoms with van der Waals surface area (Å²) in [6.07, 6.45) is 3.34. The molecule has 5 heteroatoms. The van der Waals surface area contributed by atoms with E-state index in [9.17, 15) is 9.59 Å². The van der Waals surface area contributed by atoms with Crippen LogP contribution in [0, 0.1) is 0 Å². The summed E-state index contributed by atoms with van der Waals surface area (Å²) in [4.78, 5) is 26.9. The molecule has 0 N–H and O–H groups in total. The Kier molecular flexibility index (Phi) is 8.53. The maximum atomic E-state index is 12.1. The van der Waals surface area contributed by atoms with Crippen LogP contribution in [0.1, 0.15) is 13.8 Å². The lowest BCUT2D eigenvalue weighted by molar-refractivity contribution is -0.143. The monoisotopic (exact) mass is 268 g/mol. The second-order valence-electron chi connectivity index (χ2n) is 4.45. The number of rotatable bonds is 9. The summed E-state index contributed by atoms with van der Waals surface area (Å²) in [5.74, 6) is -0.405. The molecule has 0 saturated carbocycles. The summed E-state index contributed by atoms with van der Waals surface area (Å²) >= 11 is 0. The third kappa shape index (κ3) is 6.76. The van der Waals surface area contributed by atoms with Crippen molar-refractivity contribution in [2.45, 2.75) is 19.9 Å². The predicted octanol–water partition coefficient (Wildman–Crippen LogP) is 1.07. The lowest BCUT2D eigenvalue weighted by atomic mass is 10.3. The molecule has 108 valence electrons. The molecule has 0 radical (unpaired) electrons. The Labute approximate surface area is 115 Å². The largest absolute Gasteiger partial charge is 0.468 e. The Hall–Kier alpha value is -1.62. The number of carbonyl (C=O) groups is 2. The van der Waals surface area contributed by atoms with Gasteiger partial charge in [0.25, 0.3) is 0 Å². The van der Waals surface area contributed by atoms with Crippen LogP contribution in [0.25, 0.3) is 0 Å². The van der Waals surface area contributed by atoms with Gasteiger partial charge in [-0.15, -0.1) is 13.2 Å². The van der Waals surface area contributed by atoms with Crippen molar-refractivity contribution in [2.24, 2.45) is 0 Å². The van der Waals surface area contributed by atoms with Crippen LogP contribution in [-0.4, -0.2) is 61.0 Å². The molecule has 1 amide bonds. The van der Waals surface area contributed by atoms with E-state index in [1.807, 2.05) is 13.8 Å². The summed E-state index contributed by atoms with van der Waals surface area (Å²) in [7, 11) is 1.34. The van der Waals surface area contributed by atoms with Crippen LogP contribution >= 0.6 is 0 Å². The van der Waals surface area contributed by atoms with Gasteiger partial charge in [-0.05, 0) is 13.8 Å². The normalized spacial score (nSPS) is 10.4. The Bertz CT molecular complexity index is 317. The summed E-state index contributed by atoms with van der Waals surface area (Å²) in [6, 6.07) is 0.0809. The number of esters is 1. The molecule has 19 heavy (non-hydrogen) atoms. The Morgan fingerprint density at radius 3 is 2.05 bits per heavy atom. The van der Waals surface area contributed by atoms with Crippen LogP contribution in [0.15, 0.2) is 25.3 Å². The van der Waals surface area contributed by atoms with Crippen molar-refractivity contribution in [3.63, 3.8) is 0 Å². The summed E-state index contributed by atoms with van der Waals surface area (Å²) in [5.41, 5.74) is 0. The van der Waals surface area contributed by atoms with Crippen molar-refractivity contribution in [3.8, 4) is 0 Å². The molecule has 0 rings (SSSR count). The molecule has 0 heterocycles. The number of amides is 1. The van der Waals surface area contributed by atoms with Gasteiger partial charge in [-0.1, -0.05) is 12.2 Å². The van der Waals surface area contributed by atoms with Gasteiger partial charge in [0.15, 0.2) is 0 Å². The lowest BCUT2D eigenvalue weighted by Gasteiger charge is -2.28. The molecule has 5 nitrogen and oxygen atoms in total. The van der Waals surface area contributed by atoms with E-state index in [1.54, 1.807) is 22.0 Å². The first-order chi connectivity index (χ1) is 8.96. The molecule has 0 atom stereocenters. The molecule has 0 aliphatic rings. The van der Waals surface area contributed by atoms with Gasteiger partial charge in [-0.25, -0.2) is 0 Å². The van der Waals surface area contributed by atoms with Crippen LogP contribution in [-0.2, 0) is 14.3 Å². The first kappa shape index (κ1) is 17.4. The second-order valence-corrected chi connectivity index (χ2v) is 4.45. The molecule has 0 aliphatic heterocycles. The molecule has 0 aromatic heterocycles. The van der Waals surface area contributed by atoms with Gasteiger partial charge in [0.05, 0.1) is 20.2 Å². The predicted molar refractivity (Wildman–Crippen MR) is 75.7 cm³/mol. The molecular formula is C14H24N2O3. The van der Waals surface area contributed by atoms with Gasteiger partial charge in [0.1, 0.15) is 0 Å². The molecule has 0 saturated heterocycles. The number of hydrogen-bond donors (Lipinski definition) is 0. The van der Waals surface area contributed by atoms with Gasteiger partial charge in [-0.3, -0.25) is 14.5 Å². The van der Waals surface area contributed by atoms with E-state index < -0.39 is 0 Å². The third-order valence-corrected chi connectivity index (χ3v) is 2.68. The van der Waals surface area contributed by atoms with E-state index in [-0.39, 0.29) is 31.0 Å². The standard InChI is InChI=1S/C14H24N2O3/c1-6-8-15(9-7-2)13(17)10-16(12(3)4)11-14(18)19-5/h6-7,12H,1-2,8-11H2,3-5H3. The molecule has 0 aliphatic carbocycles. The minimum atomic E-state index is -0.347. The van der Waals surface area contributed by atoms with Gasteiger partial charge in [0, 0.05) is 19.1 Å². The molecule has 0 aromatic rings. The van der Waals surface area contributed by atoms with E-state index in [0.29, 0.717) is 13.1 Å². The zero-order valence-corrected chi connectivity index (χ0v) is 12.1. The van der Waals surface area contributed by atoms with Crippen molar-refractivity contribution in [1.82, 2.24) is 9.80 Å². The second kappa shape index (κ2) is 9.33. The van der Waals surface area contributed by atoms with Crippen LogP contribution in [0.4, 0.5) is 0 Å². The first-order valence-corrected chi connectivity index (χ1v) is 6.26. The van der Waals surface area contributed by atoms with E-state index >= 15 is 0 Å². The van der Waals surface area contributed by atoms with Gasteiger partial charge >= 0.3 is 5.97 Å². The fourth-order valence-electron chi connectivity index (χ4n) is 1.52. The van der Waals surface area contributed by atoms with E-state index in [2.05, 4.69) is 17.9 Å². The average molecular weight is 268 g/mol. The van der Waals surface area contributed by atoms with Crippen LogP contribution < -0.4 is 0 Å². The highest BCUT2D eigenvalue weighted by atomic mass is 16.5. The van der Waals surface area contributed by atoms with Crippen molar-refractivity contribution in [1.29, 1.82) is 0 Å². The average Bonchev–Trinajstić information content (AvgIpc) is 2.37. The quantitative estimate of drug-likeness (QED) is 0.463. The fraction of sp³-hybridized carbons (Fsp3) is 0.571. The van der Waals surface area contributed by atoms with Crippen molar-refractivity contribution < 1.29 is 14.3 Å². The van der Waals surface area contributed by atoms with Crippen molar-refractivity contribution >= 4 is 11.9 Å². The van der Waals surface area contributed by atoms with E-state index in [0.717, 1.165) is 0 Å². The van der Waals surface area contributed by atoms with Crippen LogP contribution in [0.2, 0.25) is 0 Å². The van der Waals surface area contributed by atoms with Gasteiger partial charge in [0.2, 0.25) is 5.91 Å². The van der Waals surface area contributed by atoms with E-state index in [4.69, 9.17) is 0 Å². The zero-order chi connectivity index (χ0) is 14.8. The van der Waals surface area contributed by atoms with E-state index in [1.165, 1.54) is 7.11 Å². The highest BCUT2D eigenvalue weighted by Crippen LogP contribution is 2.01. The highest BCUT2D eigenvalue weighted by molar-refractivity contribution is 5.79. The number of nitrogens with zero attached hydrogens (tertiary/aromatic N) is 2.